The Labute approximate surface area is 103 Å². The van der Waals surface area contributed by atoms with E-state index in [-0.39, 0.29) is 5.92 Å². The van der Waals surface area contributed by atoms with Crippen LogP contribution >= 0.6 is 15.9 Å². The van der Waals surface area contributed by atoms with Crippen LogP contribution in [0.1, 0.15) is 6.42 Å². The van der Waals surface area contributed by atoms with E-state index in [0.29, 0.717) is 5.92 Å². The molecule has 4 heteroatoms. The van der Waals surface area contributed by atoms with Gasteiger partial charge >= 0.3 is 5.97 Å². The fourth-order valence-corrected chi connectivity index (χ4v) is 2.17. The number of aliphatic carboxylic acids is 1. The summed E-state index contributed by atoms with van der Waals surface area (Å²) in [4.78, 5) is 12.8. The van der Waals surface area contributed by atoms with Crippen molar-refractivity contribution in [3.8, 4) is 0 Å². The molecule has 0 aromatic heterocycles. The smallest absolute Gasteiger partial charge is 0.306 e. The highest BCUT2D eigenvalue weighted by molar-refractivity contribution is 9.10. The molecule has 86 valence electrons. The first-order valence-electron chi connectivity index (χ1n) is 5.27. The summed E-state index contributed by atoms with van der Waals surface area (Å²) < 4.78 is 1.06. The number of rotatable bonds is 4. The predicted octanol–water partition coefficient (Wildman–Crippen LogP) is 2.61. The highest BCUT2D eigenvalue weighted by Crippen LogP contribution is 2.39. The van der Waals surface area contributed by atoms with E-state index in [0.717, 1.165) is 23.1 Å². The van der Waals surface area contributed by atoms with Crippen molar-refractivity contribution in [3.05, 3.63) is 28.7 Å². The monoisotopic (exact) mass is 283 g/mol. The van der Waals surface area contributed by atoms with Crippen LogP contribution in [-0.2, 0) is 4.79 Å². The van der Waals surface area contributed by atoms with Gasteiger partial charge in [0.1, 0.15) is 0 Å². The predicted molar refractivity (Wildman–Crippen MR) is 66.6 cm³/mol. The van der Waals surface area contributed by atoms with Gasteiger partial charge in [0, 0.05) is 23.8 Å². The van der Waals surface area contributed by atoms with Crippen molar-refractivity contribution in [1.29, 1.82) is 0 Å². The van der Waals surface area contributed by atoms with E-state index in [1.54, 1.807) is 0 Å². The van der Waals surface area contributed by atoms with Crippen LogP contribution in [0.15, 0.2) is 28.7 Å². The molecule has 2 rings (SSSR count). The van der Waals surface area contributed by atoms with Crippen LogP contribution in [0.25, 0.3) is 0 Å². The van der Waals surface area contributed by atoms with E-state index in [1.165, 1.54) is 0 Å². The molecule has 1 aliphatic carbocycles. The third kappa shape index (κ3) is 2.55. The zero-order valence-corrected chi connectivity index (χ0v) is 10.6. The number of nitrogens with zero attached hydrogens (tertiary/aromatic N) is 1. The number of carboxylic acid groups (broad SMARTS) is 1. The van der Waals surface area contributed by atoms with E-state index in [4.69, 9.17) is 5.11 Å². The number of carboxylic acids is 1. The van der Waals surface area contributed by atoms with Crippen LogP contribution < -0.4 is 4.90 Å². The van der Waals surface area contributed by atoms with Crippen molar-refractivity contribution in [2.75, 3.05) is 18.5 Å². The van der Waals surface area contributed by atoms with Gasteiger partial charge in [-0.05, 0) is 36.6 Å². The molecule has 0 aliphatic heterocycles. The van der Waals surface area contributed by atoms with Crippen molar-refractivity contribution in [3.63, 3.8) is 0 Å². The Hall–Kier alpha value is -1.03. The number of hydrogen-bond acceptors (Lipinski definition) is 2. The van der Waals surface area contributed by atoms with Gasteiger partial charge in [-0.3, -0.25) is 4.79 Å². The summed E-state index contributed by atoms with van der Waals surface area (Å²) in [6.07, 6.45) is 0.816. The first-order valence-corrected chi connectivity index (χ1v) is 6.06. The number of halogens is 1. The van der Waals surface area contributed by atoms with Gasteiger partial charge in [-0.15, -0.1) is 0 Å². The average molecular weight is 284 g/mol. The lowest BCUT2D eigenvalue weighted by Crippen LogP contribution is -2.21. The molecular weight excluding hydrogens is 270 g/mol. The zero-order chi connectivity index (χ0) is 11.7. The average Bonchev–Trinajstić information content (AvgIpc) is 2.98. The molecule has 1 aliphatic rings. The van der Waals surface area contributed by atoms with Gasteiger partial charge in [-0.2, -0.15) is 0 Å². The maximum atomic E-state index is 10.7. The molecule has 1 aromatic carbocycles. The molecule has 1 N–H and O–H groups in total. The fraction of sp³-hybridized carbons (Fsp3) is 0.417. The lowest BCUT2D eigenvalue weighted by Gasteiger charge is -2.19. The summed E-state index contributed by atoms with van der Waals surface area (Å²) in [6, 6.07) is 8.05. The van der Waals surface area contributed by atoms with Crippen LogP contribution in [0, 0.1) is 11.8 Å². The second-order valence-electron chi connectivity index (χ2n) is 4.30. The Morgan fingerprint density at radius 3 is 2.62 bits per heavy atom. The van der Waals surface area contributed by atoms with E-state index < -0.39 is 5.97 Å². The first-order chi connectivity index (χ1) is 7.58. The maximum absolute atomic E-state index is 10.7. The molecule has 0 radical (unpaired) electrons. The number of carbonyl (C=O) groups is 1. The standard InChI is InChI=1S/C12H14BrNO2/c1-14(7-8-6-11(8)12(15)16)10-4-2-9(13)3-5-10/h2-5,8,11H,6-7H2,1H3,(H,15,16). The van der Waals surface area contributed by atoms with Gasteiger partial charge in [-0.25, -0.2) is 0 Å². The molecule has 1 fully saturated rings. The van der Waals surface area contributed by atoms with Crippen molar-refractivity contribution >= 4 is 27.6 Å². The Morgan fingerprint density at radius 1 is 1.50 bits per heavy atom. The number of anilines is 1. The number of benzene rings is 1. The molecule has 3 nitrogen and oxygen atoms in total. The lowest BCUT2D eigenvalue weighted by atomic mass is 10.2. The summed E-state index contributed by atoms with van der Waals surface area (Å²) in [6.45, 7) is 0.818. The minimum atomic E-state index is -0.658. The summed E-state index contributed by atoms with van der Waals surface area (Å²) in [7, 11) is 2.00. The SMILES string of the molecule is CN(CC1CC1C(=O)O)c1ccc(Br)cc1. The van der Waals surface area contributed by atoms with Gasteiger partial charge in [0.2, 0.25) is 0 Å². The van der Waals surface area contributed by atoms with Crippen LogP contribution in [0.2, 0.25) is 0 Å². The normalized spacial score (nSPS) is 22.9. The van der Waals surface area contributed by atoms with Crippen molar-refractivity contribution in [2.24, 2.45) is 11.8 Å². The van der Waals surface area contributed by atoms with Crippen molar-refractivity contribution < 1.29 is 9.90 Å². The largest absolute Gasteiger partial charge is 0.481 e. The van der Waals surface area contributed by atoms with Gasteiger partial charge in [0.15, 0.2) is 0 Å². The van der Waals surface area contributed by atoms with Crippen molar-refractivity contribution in [1.82, 2.24) is 0 Å². The summed E-state index contributed by atoms with van der Waals surface area (Å²) in [5.41, 5.74) is 1.12. The Morgan fingerprint density at radius 2 is 2.12 bits per heavy atom. The topological polar surface area (TPSA) is 40.5 Å². The van der Waals surface area contributed by atoms with Crippen LogP contribution in [0.4, 0.5) is 5.69 Å². The van der Waals surface area contributed by atoms with Crippen LogP contribution in [-0.4, -0.2) is 24.7 Å². The third-order valence-electron chi connectivity index (χ3n) is 3.02. The number of hydrogen-bond donors (Lipinski definition) is 1. The van der Waals surface area contributed by atoms with Gasteiger partial charge < -0.3 is 10.0 Å². The highest BCUT2D eigenvalue weighted by Gasteiger charge is 2.43. The van der Waals surface area contributed by atoms with Gasteiger partial charge in [0.25, 0.3) is 0 Å². The van der Waals surface area contributed by atoms with E-state index in [2.05, 4.69) is 20.8 Å². The third-order valence-corrected chi connectivity index (χ3v) is 3.54. The van der Waals surface area contributed by atoms with E-state index in [9.17, 15) is 4.79 Å². The van der Waals surface area contributed by atoms with Gasteiger partial charge in [0.05, 0.1) is 5.92 Å². The summed E-state index contributed by atoms with van der Waals surface area (Å²) in [5, 5.41) is 8.82. The Bertz CT molecular complexity index is 391. The molecule has 0 spiro atoms. The molecule has 1 aromatic rings. The zero-order valence-electron chi connectivity index (χ0n) is 9.06. The first kappa shape index (κ1) is 11.5. The maximum Gasteiger partial charge on any atom is 0.306 e. The summed E-state index contributed by atoms with van der Waals surface area (Å²) >= 11 is 3.39. The Balaban J connectivity index is 1.92. The molecule has 2 unspecified atom stereocenters. The van der Waals surface area contributed by atoms with E-state index in [1.807, 2.05) is 31.3 Å². The lowest BCUT2D eigenvalue weighted by molar-refractivity contribution is -0.138. The Kier molecular flexibility index (Phi) is 3.19. The minimum Gasteiger partial charge on any atom is -0.481 e. The molecule has 2 atom stereocenters. The van der Waals surface area contributed by atoms with Crippen LogP contribution in [0.5, 0.6) is 0 Å². The second-order valence-corrected chi connectivity index (χ2v) is 5.21. The van der Waals surface area contributed by atoms with Crippen molar-refractivity contribution in [2.45, 2.75) is 6.42 Å². The summed E-state index contributed by atoms with van der Waals surface area (Å²) in [5.74, 6) is -0.474. The fourth-order valence-electron chi connectivity index (χ4n) is 1.90. The molecule has 0 amide bonds. The second kappa shape index (κ2) is 4.45. The molecule has 16 heavy (non-hydrogen) atoms. The van der Waals surface area contributed by atoms with Gasteiger partial charge in [-0.1, -0.05) is 15.9 Å². The highest BCUT2D eigenvalue weighted by atomic mass is 79.9. The molecule has 1 saturated carbocycles. The molecule has 0 heterocycles. The molecule has 0 saturated heterocycles. The van der Waals surface area contributed by atoms with Crippen LogP contribution in [0.3, 0.4) is 0 Å². The minimum absolute atomic E-state index is 0.127. The molecular formula is C12H14BrNO2. The molecule has 0 bridgehead atoms. The van der Waals surface area contributed by atoms with E-state index >= 15 is 0 Å². The quantitative estimate of drug-likeness (QED) is 0.924.